The fourth-order valence-corrected chi connectivity index (χ4v) is 1.72. The number of hydrogen-bond acceptors (Lipinski definition) is 5. The van der Waals surface area contributed by atoms with Crippen LogP contribution in [0.4, 0.5) is 18.9 Å². The highest BCUT2D eigenvalue weighted by molar-refractivity contribution is 5.95. The van der Waals surface area contributed by atoms with Gasteiger partial charge >= 0.3 is 12.1 Å². The highest BCUT2D eigenvalue weighted by Gasteiger charge is 2.29. The van der Waals surface area contributed by atoms with Crippen molar-refractivity contribution in [3.05, 3.63) is 23.8 Å². The van der Waals surface area contributed by atoms with Gasteiger partial charge in [0.05, 0.1) is 18.4 Å². The fraction of sp³-hybridized carbons (Fsp3) is 0.467. The summed E-state index contributed by atoms with van der Waals surface area (Å²) in [6, 6.07) is 3.49. The average molecular weight is 385 g/mol. The predicted molar refractivity (Wildman–Crippen MR) is 88.1 cm³/mol. The van der Waals surface area contributed by atoms with E-state index in [9.17, 15) is 22.8 Å². The van der Waals surface area contributed by atoms with E-state index in [1.54, 1.807) is 6.92 Å². The quantitative estimate of drug-likeness (QED) is 0.705. The monoisotopic (exact) mass is 384 g/mol. The van der Waals surface area contributed by atoms with Crippen molar-refractivity contribution in [3.8, 4) is 5.75 Å². The van der Waals surface area contributed by atoms with Gasteiger partial charge in [-0.2, -0.15) is 13.2 Å². The summed E-state index contributed by atoms with van der Waals surface area (Å²) in [6.07, 6.45) is -4.03. The summed E-state index contributed by atoms with van der Waals surface area (Å²) < 4.78 is 46.3. The van der Waals surface area contributed by atoms with Gasteiger partial charge in [-0.15, -0.1) is 12.4 Å². The van der Waals surface area contributed by atoms with Crippen LogP contribution in [0.2, 0.25) is 0 Å². The smallest absolute Gasteiger partial charge is 0.422 e. The molecule has 1 aromatic carbocycles. The number of nitrogens with two attached hydrogens (primary N) is 1. The van der Waals surface area contributed by atoms with E-state index in [-0.39, 0.29) is 41.9 Å². The van der Waals surface area contributed by atoms with Crippen LogP contribution in [0.1, 0.15) is 30.1 Å². The minimum absolute atomic E-state index is 0. The van der Waals surface area contributed by atoms with E-state index < -0.39 is 24.7 Å². The Morgan fingerprint density at radius 3 is 2.48 bits per heavy atom. The molecule has 0 fully saturated rings. The highest BCUT2D eigenvalue weighted by Crippen LogP contribution is 2.28. The van der Waals surface area contributed by atoms with Crippen LogP contribution in [0, 0.1) is 0 Å². The Kier molecular flexibility index (Phi) is 9.29. The second-order valence-electron chi connectivity index (χ2n) is 5.17. The molecule has 0 aliphatic carbocycles. The van der Waals surface area contributed by atoms with E-state index in [1.165, 1.54) is 12.1 Å². The van der Waals surface area contributed by atoms with E-state index in [0.717, 1.165) is 13.2 Å². The molecule has 0 aliphatic rings. The normalized spacial score (nSPS) is 11.9. The largest absolute Gasteiger partial charge is 0.482 e. The lowest BCUT2D eigenvalue weighted by Gasteiger charge is -2.15. The first-order valence-electron chi connectivity index (χ1n) is 7.09. The van der Waals surface area contributed by atoms with E-state index in [2.05, 4.69) is 10.1 Å². The van der Waals surface area contributed by atoms with Crippen molar-refractivity contribution in [1.82, 2.24) is 0 Å². The van der Waals surface area contributed by atoms with Crippen molar-refractivity contribution in [3.63, 3.8) is 0 Å². The molecule has 1 unspecified atom stereocenters. The van der Waals surface area contributed by atoms with E-state index in [0.29, 0.717) is 6.42 Å². The van der Waals surface area contributed by atoms with Crippen molar-refractivity contribution in [2.45, 2.75) is 32.0 Å². The molecule has 1 rings (SSSR count). The van der Waals surface area contributed by atoms with E-state index >= 15 is 0 Å². The van der Waals surface area contributed by atoms with Crippen LogP contribution in [0.25, 0.3) is 0 Å². The van der Waals surface area contributed by atoms with Crippen LogP contribution in [0.3, 0.4) is 0 Å². The molecule has 1 aromatic rings. The summed E-state index contributed by atoms with van der Waals surface area (Å²) >= 11 is 0. The Bertz CT molecular complexity index is 595. The number of methoxy groups -OCH3 is 1. The Hall–Kier alpha value is -2.00. The minimum atomic E-state index is -4.56. The summed E-state index contributed by atoms with van der Waals surface area (Å²) in [6.45, 7) is 0.177. The molecule has 0 spiro atoms. The lowest BCUT2D eigenvalue weighted by atomic mass is 10.1. The maximum absolute atomic E-state index is 12.4. The second-order valence-corrected chi connectivity index (χ2v) is 5.17. The number of anilines is 1. The molecule has 0 saturated carbocycles. The number of carbonyl (C=O) groups is 2. The Morgan fingerprint density at radius 1 is 1.32 bits per heavy atom. The molecular formula is C15H20ClF3N2O4. The lowest BCUT2D eigenvalue weighted by molar-refractivity contribution is -0.153. The van der Waals surface area contributed by atoms with Crippen LogP contribution in [-0.4, -0.2) is 37.8 Å². The van der Waals surface area contributed by atoms with Crippen molar-refractivity contribution >= 4 is 30.0 Å². The number of rotatable bonds is 7. The Morgan fingerprint density at radius 2 is 1.96 bits per heavy atom. The van der Waals surface area contributed by atoms with Crippen molar-refractivity contribution in [1.29, 1.82) is 0 Å². The number of hydrogen-bond donors (Lipinski definition) is 2. The summed E-state index contributed by atoms with van der Waals surface area (Å²) in [5.74, 6) is -1.43. The van der Waals surface area contributed by atoms with Crippen LogP contribution >= 0.6 is 12.4 Å². The third kappa shape index (κ3) is 8.59. The first kappa shape index (κ1) is 23.0. The number of amides is 1. The van der Waals surface area contributed by atoms with Gasteiger partial charge in [0.2, 0.25) is 5.91 Å². The lowest BCUT2D eigenvalue weighted by Crippen LogP contribution is -2.22. The number of halogens is 4. The fourth-order valence-electron chi connectivity index (χ4n) is 1.72. The number of nitrogens with one attached hydrogen (secondary N) is 1. The second kappa shape index (κ2) is 10.1. The molecule has 0 radical (unpaired) electrons. The molecule has 0 saturated heterocycles. The summed E-state index contributed by atoms with van der Waals surface area (Å²) in [7, 11) is 1.14. The average Bonchev–Trinajstić information content (AvgIpc) is 2.50. The summed E-state index contributed by atoms with van der Waals surface area (Å²) in [5, 5.41) is 2.45. The van der Waals surface area contributed by atoms with Gasteiger partial charge in [-0.05, 0) is 31.5 Å². The number of carbonyl (C=O) groups excluding carboxylic acids is 2. The van der Waals surface area contributed by atoms with Gasteiger partial charge in [0.15, 0.2) is 6.61 Å². The summed E-state index contributed by atoms with van der Waals surface area (Å²) in [4.78, 5) is 23.3. The number of esters is 1. The van der Waals surface area contributed by atoms with Gasteiger partial charge in [0.1, 0.15) is 5.75 Å². The molecule has 0 aliphatic heterocycles. The molecule has 1 amide bonds. The molecule has 0 bridgehead atoms. The third-order valence-corrected chi connectivity index (χ3v) is 2.89. The number of ether oxygens (including phenoxy) is 2. The molecule has 0 heterocycles. The van der Waals surface area contributed by atoms with Gasteiger partial charge in [-0.25, -0.2) is 4.79 Å². The topological polar surface area (TPSA) is 90.7 Å². The van der Waals surface area contributed by atoms with Crippen LogP contribution in [0.15, 0.2) is 18.2 Å². The van der Waals surface area contributed by atoms with Crippen LogP contribution in [0.5, 0.6) is 5.75 Å². The molecule has 25 heavy (non-hydrogen) atoms. The van der Waals surface area contributed by atoms with Crippen molar-refractivity contribution in [2.75, 3.05) is 19.0 Å². The third-order valence-electron chi connectivity index (χ3n) is 2.89. The zero-order valence-electron chi connectivity index (χ0n) is 13.7. The number of alkyl halides is 3. The van der Waals surface area contributed by atoms with Crippen molar-refractivity contribution < 1.29 is 32.2 Å². The van der Waals surface area contributed by atoms with Gasteiger partial charge in [-0.3, -0.25) is 4.79 Å². The SMILES string of the molecule is COC(=O)c1ccc(NC(=O)CCC(C)N)c(OCC(F)(F)F)c1.Cl. The first-order valence-corrected chi connectivity index (χ1v) is 7.09. The van der Waals surface area contributed by atoms with E-state index in [4.69, 9.17) is 10.5 Å². The number of benzene rings is 1. The minimum Gasteiger partial charge on any atom is -0.482 e. The standard InChI is InChI=1S/C15H19F3N2O4.ClH/c1-9(19)3-6-13(21)20-11-5-4-10(14(22)23-2)7-12(11)24-8-15(16,17)18;/h4-5,7,9H,3,6,8,19H2,1-2H3,(H,20,21);1H. The molecule has 1 atom stereocenters. The zero-order valence-corrected chi connectivity index (χ0v) is 14.5. The first-order chi connectivity index (χ1) is 11.1. The summed E-state index contributed by atoms with van der Waals surface area (Å²) in [5.41, 5.74) is 5.58. The maximum Gasteiger partial charge on any atom is 0.422 e. The zero-order chi connectivity index (χ0) is 18.3. The highest BCUT2D eigenvalue weighted by atomic mass is 35.5. The Balaban J connectivity index is 0.00000576. The van der Waals surface area contributed by atoms with Gasteiger partial charge < -0.3 is 20.5 Å². The van der Waals surface area contributed by atoms with Crippen LogP contribution < -0.4 is 15.8 Å². The van der Waals surface area contributed by atoms with E-state index in [1.807, 2.05) is 0 Å². The van der Waals surface area contributed by atoms with Crippen LogP contribution in [-0.2, 0) is 9.53 Å². The van der Waals surface area contributed by atoms with Gasteiger partial charge in [0, 0.05) is 12.5 Å². The molecule has 0 aromatic heterocycles. The van der Waals surface area contributed by atoms with Gasteiger partial charge in [-0.1, -0.05) is 0 Å². The van der Waals surface area contributed by atoms with Crippen molar-refractivity contribution in [2.24, 2.45) is 5.73 Å². The predicted octanol–water partition coefficient (Wildman–Crippen LogP) is 2.90. The molecule has 142 valence electrons. The molecular weight excluding hydrogens is 365 g/mol. The molecule has 6 nitrogen and oxygen atoms in total. The molecule has 10 heteroatoms. The molecule has 3 N–H and O–H groups in total. The Labute approximate surface area is 149 Å². The maximum atomic E-state index is 12.4. The van der Waals surface area contributed by atoms with Gasteiger partial charge in [0.25, 0.3) is 0 Å².